The second kappa shape index (κ2) is 7.20. The Morgan fingerprint density at radius 2 is 2.24 bits per heavy atom. The quantitative estimate of drug-likeness (QED) is 0.684. The number of carbonyl (C=O) groups excluding carboxylic acids is 1. The van der Waals surface area contributed by atoms with Gasteiger partial charge in [0.25, 0.3) is 5.91 Å². The zero-order valence-electron chi connectivity index (χ0n) is 13.3. The number of thiophene rings is 1. The van der Waals surface area contributed by atoms with Crippen molar-refractivity contribution >= 4 is 35.3 Å². The van der Waals surface area contributed by atoms with Crippen LogP contribution in [0.15, 0.2) is 36.0 Å². The lowest BCUT2D eigenvalue weighted by molar-refractivity contribution is 0.0937. The highest BCUT2D eigenvalue weighted by Crippen LogP contribution is 2.32. The predicted octanol–water partition coefficient (Wildman–Crippen LogP) is 2.54. The minimum Gasteiger partial charge on any atom is -0.399 e. The van der Waals surface area contributed by atoms with Crippen molar-refractivity contribution in [1.82, 2.24) is 25.5 Å². The van der Waals surface area contributed by atoms with Gasteiger partial charge in [0, 0.05) is 5.69 Å². The van der Waals surface area contributed by atoms with Gasteiger partial charge in [-0.25, -0.2) is 0 Å². The number of nitrogens with two attached hydrogens (primary N) is 1. The Morgan fingerprint density at radius 1 is 1.36 bits per heavy atom. The standard InChI is InChI=1S/C16H16N6OS.ClH/c17-11-4-5-12-10(8-11)2-1-3-13(12)19-16(23)15-14(6-7-24-15)22-9-18-20-21-22;/h4-9,13H,1-3,17H2,(H,19,23);1H. The molecule has 130 valence electrons. The maximum atomic E-state index is 12.8. The van der Waals surface area contributed by atoms with Crippen LogP contribution in [0.2, 0.25) is 0 Å². The topological polar surface area (TPSA) is 98.7 Å². The molecule has 3 N–H and O–H groups in total. The number of nitrogens with one attached hydrogen (secondary N) is 1. The maximum absolute atomic E-state index is 12.8. The van der Waals surface area contributed by atoms with E-state index < -0.39 is 0 Å². The smallest absolute Gasteiger partial charge is 0.264 e. The largest absolute Gasteiger partial charge is 0.399 e. The Morgan fingerprint density at radius 3 is 3.04 bits per heavy atom. The summed E-state index contributed by atoms with van der Waals surface area (Å²) >= 11 is 1.38. The van der Waals surface area contributed by atoms with Crippen molar-refractivity contribution in [3.63, 3.8) is 0 Å². The Kier molecular flexibility index (Phi) is 5.00. The van der Waals surface area contributed by atoms with Crippen molar-refractivity contribution in [2.24, 2.45) is 0 Å². The summed E-state index contributed by atoms with van der Waals surface area (Å²) in [4.78, 5) is 13.4. The molecule has 9 heteroatoms. The van der Waals surface area contributed by atoms with Crippen LogP contribution in [0.25, 0.3) is 5.69 Å². The van der Waals surface area contributed by atoms with Gasteiger partial charge in [0.2, 0.25) is 0 Å². The normalized spacial score (nSPS) is 15.9. The van der Waals surface area contributed by atoms with Gasteiger partial charge in [0.05, 0.1) is 11.7 Å². The molecule has 7 nitrogen and oxygen atoms in total. The summed E-state index contributed by atoms with van der Waals surface area (Å²) < 4.78 is 1.50. The average Bonchev–Trinajstić information content (AvgIpc) is 3.25. The van der Waals surface area contributed by atoms with Crippen LogP contribution in [0.1, 0.15) is 39.7 Å². The number of rotatable bonds is 3. The number of hydrogen-bond acceptors (Lipinski definition) is 6. The number of nitrogen functional groups attached to an aromatic ring is 1. The summed E-state index contributed by atoms with van der Waals surface area (Å²) in [5.74, 6) is -0.106. The average molecular weight is 377 g/mol. The molecule has 1 aliphatic carbocycles. The summed E-state index contributed by atoms with van der Waals surface area (Å²) in [5, 5.41) is 16.1. The summed E-state index contributed by atoms with van der Waals surface area (Å²) in [6.45, 7) is 0. The van der Waals surface area contributed by atoms with Gasteiger partial charge in [-0.05, 0) is 64.4 Å². The van der Waals surface area contributed by atoms with Crippen molar-refractivity contribution in [2.75, 3.05) is 5.73 Å². The van der Waals surface area contributed by atoms with Crippen LogP contribution in [0, 0.1) is 0 Å². The van der Waals surface area contributed by atoms with Gasteiger partial charge in [-0.15, -0.1) is 28.8 Å². The van der Waals surface area contributed by atoms with E-state index in [1.807, 2.05) is 29.6 Å². The van der Waals surface area contributed by atoms with Crippen LogP contribution in [0.3, 0.4) is 0 Å². The van der Waals surface area contributed by atoms with E-state index in [0.717, 1.165) is 30.5 Å². The minimum atomic E-state index is -0.106. The zero-order chi connectivity index (χ0) is 16.5. The molecule has 0 bridgehead atoms. The number of hydrogen-bond donors (Lipinski definition) is 2. The molecule has 0 saturated heterocycles. The number of aryl methyl sites for hydroxylation is 1. The Bertz CT molecular complexity index is 879. The first-order valence-corrected chi connectivity index (χ1v) is 8.60. The first-order valence-electron chi connectivity index (χ1n) is 7.72. The van der Waals surface area contributed by atoms with Gasteiger partial charge in [-0.2, -0.15) is 4.68 Å². The third-order valence-electron chi connectivity index (χ3n) is 4.23. The number of halogens is 1. The summed E-state index contributed by atoms with van der Waals surface area (Å²) in [7, 11) is 0. The van der Waals surface area contributed by atoms with Gasteiger partial charge >= 0.3 is 0 Å². The van der Waals surface area contributed by atoms with Gasteiger partial charge < -0.3 is 11.1 Å². The fourth-order valence-corrected chi connectivity index (χ4v) is 3.91. The lowest BCUT2D eigenvalue weighted by Crippen LogP contribution is -2.31. The number of amides is 1. The number of carbonyl (C=O) groups is 1. The number of aromatic nitrogens is 4. The molecular formula is C16H17ClN6OS. The van der Waals surface area contributed by atoms with Crippen LogP contribution in [-0.2, 0) is 6.42 Å². The molecule has 0 aliphatic heterocycles. The van der Waals surface area contributed by atoms with Crippen LogP contribution in [0.4, 0.5) is 5.69 Å². The zero-order valence-corrected chi connectivity index (χ0v) is 14.9. The predicted molar refractivity (Wildman–Crippen MR) is 98.3 cm³/mol. The molecule has 25 heavy (non-hydrogen) atoms. The fourth-order valence-electron chi connectivity index (χ4n) is 3.13. The molecule has 1 unspecified atom stereocenters. The Balaban J connectivity index is 0.00000182. The van der Waals surface area contributed by atoms with E-state index in [9.17, 15) is 4.79 Å². The first kappa shape index (κ1) is 17.4. The molecule has 4 rings (SSSR count). The number of fused-ring (bicyclic) bond motifs is 1. The summed E-state index contributed by atoms with van der Waals surface area (Å²) in [6, 6.07) is 7.76. The molecule has 0 saturated carbocycles. The highest BCUT2D eigenvalue weighted by molar-refractivity contribution is 7.12. The van der Waals surface area contributed by atoms with E-state index in [0.29, 0.717) is 10.6 Å². The van der Waals surface area contributed by atoms with Crippen LogP contribution in [0.5, 0.6) is 0 Å². The fraction of sp³-hybridized carbons (Fsp3) is 0.250. The molecule has 0 radical (unpaired) electrons. The third-order valence-corrected chi connectivity index (χ3v) is 5.14. The van der Waals surface area contributed by atoms with Crippen LogP contribution in [-0.4, -0.2) is 26.1 Å². The molecule has 1 aliphatic rings. The van der Waals surface area contributed by atoms with Gasteiger partial charge in [-0.1, -0.05) is 6.07 Å². The lowest BCUT2D eigenvalue weighted by Gasteiger charge is -2.26. The van der Waals surface area contributed by atoms with Gasteiger partial charge in [0.15, 0.2) is 0 Å². The van der Waals surface area contributed by atoms with Crippen molar-refractivity contribution in [3.05, 3.63) is 52.0 Å². The molecular weight excluding hydrogens is 360 g/mol. The number of tetrazole rings is 1. The SMILES string of the molecule is Cl.Nc1ccc2c(c1)CCCC2NC(=O)c1sccc1-n1cnnn1. The highest BCUT2D eigenvalue weighted by atomic mass is 35.5. The van der Waals surface area contributed by atoms with E-state index in [-0.39, 0.29) is 24.4 Å². The van der Waals surface area contributed by atoms with Crippen LogP contribution < -0.4 is 11.1 Å². The third kappa shape index (κ3) is 3.35. The summed E-state index contributed by atoms with van der Waals surface area (Å²) in [5.41, 5.74) is 9.70. The first-order chi connectivity index (χ1) is 11.7. The minimum absolute atomic E-state index is 0. The van der Waals surface area contributed by atoms with E-state index in [2.05, 4.69) is 20.8 Å². The number of benzene rings is 1. The van der Waals surface area contributed by atoms with Gasteiger partial charge in [-0.3, -0.25) is 4.79 Å². The van der Waals surface area contributed by atoms with Crippen molar-refractivity contribution in [2.45, 2.75) is 25.3 Å². The van der Waals surface area contributed by atoms with E-state index in [1.54, 1.807) is 0 Å². The highest BCUT2D eigenvalue weighted by Gasteiger charge is 2.24. The second-order valence-electron chi connectivity index (χ2n) is 5.77. The maximum Gasteiger partial charge on any atom is 0.264 e. The summed E-state index contributed by atoms with van der Waals surface area (Å²) in [6.07, 6.45) is 4.44. The molecule has 2 aromatic heterocycles. The van der Waals surface area contributed by atoms with E-state index >= 15 is 0 Å². The van der Waals surface area contributed by atoms with Crippen molar-refractivity contribution < 1.29 is 4.79 Å². The van der Waals surface area contributed by atoms with E-state index in [4.69, 9.17) is 5.73 Å². The molecule has 1 atom stereocenters. The molecule has 3 aromatic rings. The second-order valence-corrected chi connectivity index (χ2v) is 6.68. The van der Waals surface area contributed by atoms with Crippen LogP contribution >= 0.6 is 23.7 Å². The Hall–Kier alpha value is -2.45. The molecule has 1 aromatic carbocycles. The molecule has 2 heterocycles. The number of anilines is 1. The van der Waals surface area contributed by atoms with Crippen molar-refractivity contribution in [1.29, 1.82) is 0 Å². The number of nitrogens with zero attached hydrogens (tertiary/aromatic N) is 4. The molecule has 0 fully saturated rings. The molecule has 1 amide bonds. The van der Waals surface area contributed by atoms with E-state index in [1.165, 1.54) is 27.9 Å². The Labute approximate surface area is 154 Å². The lowest BCUT2D eigenvalue weighted by atomic mass is 9.87. The monoisotopic (exact) mass is 376 g/mol. The van der Waals surface area contributed by atoms with Crippen molar-refractivity contribution in [3.8, 4) is 5.69 Å². The molecule has 0 spiro atoms. The van der Waals surface area contributed by atoms with Gasteiger partial charge in [0.1, 0.15) is 11.2 Å².